The van der Waals surface area contributed by atoms with E-state index in [-0.39, 0.29) is 30.7 Å². The first-order valence-corrected chi connectivity index (χ1v) is 5.98. The van der Waals surface area contributed by atoms with E-state index in [0.29, 0.717) is 12.2 Å². The second kappa shape index (κ2) is 8.74. The lowest BCUT2D eigenvalue weighted by Crippen LogP contribution is -2.33. The van der Waals surface area contributed by atoms with Crippen molar-refractivity contribution in [1.82, 2.24) is 15.2 Å². The topological polar surface area (TPSA) is 45.2 Å². The maximum Gasteiger partial charge on any atom is 0.272 e. The predicted octanol–water partition coefficient (Wildman–Crippen LogP) is 2.37. The predicted molar refractivity (Wildman–Crippen MR) is 87.1 cm³/mol. The first-order chi connectivity index (χ1) is 8.72. The fourth-order valence-electron chi connectivity index (χ4n) is 1.76. The first kappa shape index (κ1) is 18.6. The summed E-state index contributed by atoms with van der Waals surface area (Å²) in [4.78, 5) is 18.2. The third kappa shape index (κ3) is 4.34. The number of carbonyl (C=O) groups excluding carboxylic acids is 1. The number of pyridine rings is 1. The van der Waals surface area contributed by atoms with Crippen molar-refractivity contribution in [2.45, 2.75) is 0 Å². The van der Waals surface area contributed by atoms with Crippen molar-refractivity contribution in [3.63, 3.8) is 0 Å². The maximum absolute atomic E-state index is 12.1. The Bertz CT molecular complexity index is 563. The summed E-state index contributed by atoms with van der Waals surface area (Å²) < 4.78 is 0. The van der Waals surface area contributed by atoms with E-state index >= 15 is 0 Å². The molecule has 0 bridgehead atoms. The summed E-state index contributed by atoms with van der Waals surface area (Å²) in [6, 6.07) is 11.5. The Balaban J connectivity index is 0.00000180. The highest BCUT2D eigenvalue weighted by Crippen LogP contribution is 2.12. The standard InChI is InChI=1S/C14H17N3O.2ClH/c1-15-9-10-17(2)14(18)13-8-7-11-5-3-4-6-12(11)16-13;;/h3-8,15H,9-10H2,1-2H3;2*1H. The van der Waals surface area contributed by atoms with Crippen molar-refractivity contribution in [1.29, 1.82) is 0 Å². The zero-order valence-electron chi connectivity index (χ0n) is 11.5. The van der Waals surface area contributed by atoms with Crippen LogP contribution in [0.4, 0.5) is 0 Å². The van der Waals surface area contributed by atoms with Crippen LogP contribution in [0.1, 0.15) is 10.5 Å². The van der Waals surface area contributed by atoms with E-state index in [9.17, 15) is 4.79 Å². The number of amides is 1. The van der Waals surface area contributed by atoms with E-state index in [2.05, 4.69) is 10.3 Å². The van der Waals surface area contributed by atoms with Crippen molar-refractivity contribution >= 4 is 41.6 Å². The van der Waals surface area contributed by atoms with Crippen molar-refractivity contribution in [2.24, 2.45) is 0 Å². The molecule has 0 atom stereocenters. The van der Waals surface area contributed by atoms with Crippen LogP contribution < -0.4 is 5.32 Å². The number of hydrogen-bond donors (Lipinski definition) is 1. The second-order valence-electron chi connectivity index (χ2n) is 4.22. The van der Waals surface area contributed by atoms with Gasteiger partial charge in [-0.2, -0.15) is 0 Å². The highest BCUT2D eigenvalue weighted by atomic mass is 35.5. The molecule has 4 nitrogen and oxygen atoms in total. The molecule has 1 heterocycles. The number of fused-ring (bicyclic) bond motifs is 1. The first-order valence-electron chi connectivity index (χ1n) is 5.98. The molecule has 1 aromatic heterocycles. The summed E-state index contributed by atoms with van der Waals surface area (Å²) in [6.45, 7) is 1.44. The molecule has 0 saturated carbocycles. The number of nitrogens with one attached hydrogen (secondary N) is 1. The SMILES string of the molecule is CNCCN(C)C(=O)c1ccc2ccccc2n1.Cl.Cl. The minimum Gasteiger partial charge on any atom is -0.339 e. The highest BCUT2D eigenvalue weighted by molar-refractivity contribution is 5.94. The summed E-state index contributed by atoms with van der Waals surface area (Å²) >= 11 is 0. The Kier molecular flexibility index (Phi) is 8.15. The van der Waals surface area contributed by atoms with Crippen LogP contribution in [-0.4, -0.2) is 43.0 Å². The largest absolute Gasteiger partial charge is 0.339 e. The van der Waals surface area contributed by atoms with Gasteiger partial charge in [0.1, 0.15) is 5.69 Å². The number of benzene rings is 1. The Morgan fingerprint density at radius 2 is 1.90 bits per heavy atom. The van der Waals surface area contributed by atoms with Gasteiger partial charge in [-0.15, -0.1) is 24.8 Å². The van der Waals surface area contributed by atoms with Crippen LogP contribution in [0.15, 0.2) is 36.4 Å². The van der Waals surface area contributed by atoms with E-state index in [1.54, 1.807) is 18.0 Å². The summed E-state index contributed by atoms with van der Waals surface area (Å²) in [5.74, 6) is -0.0454. The zero-order valence-corrected chi connectivity index (χ0v) is 13.1. The third-order valence-corrected chi connectivity index (χ3v) is 2.86. The molecular weight excluding hydrogens is 297 g/mol. The molecule has 6 heteroatoms. The van der Waals surface area contributed by atoms with Crippen LogP contribution in [0.25, 0.3) is 10.9 Å². The molecule has 1 aromatic carbocycles. The normalized spacial score (nSPS) is 9.50. The Labute approximate surface area is 131 Å². The third-order valence-electron chi connectivity index (χ3n) is 2.86. The number of nitrogens with zero attached hydrogens (tertiary/aromatic N) is 2. The molecule has 0 aliphatic rings. The van der Waals surface area contributed by atoms with Gasteiger partial charge < -0.3 is 10.2 Å². The summed E-state index contributed by atoms with van der Waals surface area (Å²) in [7, 11) is 3.66. The van der Waals surface area contributed by atoms with E-state index in [4.69, 9.17) is 0 Å². The molecule has 0 unspecified atom stereocenters. The van der Waals surface area contributed by atoms with Gasteiger partial charge >= 0.3 is 0 Å². The van der Waals surface area contributed by atoms with Gasteiger partial charge in [0.05, 0.1) is 5.52 Å². The zero-order chi connectivity index (χ0) is 13.0. The van der Waals surface area contributed by atoms with Crippen molar-refractivity contribution in [2.75, 3.05) is 27.2 Å². The van der Waals surface area contributed by atoms with Crippen molar-refractivity contribution in [3.8, 4) is 0 Å². The van der Waals surface area contributed by atoms with Crippen LogP contribution in [0, 0.1) is 0 Å². The van der Waals surface area contributed by atoms with Crippen LogP contribution in [0.3, 0.4) is 0 Å². The van der Waals surface area contributed by atoms with Gasteiger partial charge in [-0.25, -0.2) is 4.98 Å². The molecule has 2 aromatic rings. The number of aromatic nitrogens is 1. The molecule has 0 saturated heterocycles. The van der Waals surface area contributed by atoms with Gasteiger partial charge in [0.25, 0.3) is 5.91 Å². The molecule has 1 amide bonds. The van der Waals surface area contributed by atoms with Crippen LogP contribution >= 0.6 is 24.8 Å². The number of rotatable bonds is 4. The number of hydrogen-bond acceptors (Lipinski definition) is 3. The Morgan fingerprint density at radius 1 is 1.20 bits per heavy atom. The number of halogens is 2. The van der Waals surface area contributed by atoms with Crippen LogP contribution in [0.2, 0.25) is 0 Å². The average molecular weight is 316 g/mol. The van der Waals surface area contributed by atoms with Crippen molar-refractivity contribution < 1.29 is 4.79 Å². The molecule has 2 rings (SSSR count). The molecule has 1 N–H and O–H groups in total. The Morgan fingerprint density at radius 3 is 2.60 bits per heavy atom. The van der Waals surface area contributed by atoms with Crippen molar-refractivity contribution in [3.05, 3.63) is 42.1 Å². The molecule has 0 spiro atoms. The second-order valence-corrected chi connectivity index (χ2v) is 4.22. The van der Waals surface area contributed by atoms with Crippen LogP contribution in [-0.2, 0) is 0 Å². The van der Waals surface area contributed by atoms with Gasteiger partial charge in [0.2, 0.25) is 0 Å². The molecule has 0 aliphatic heterocycles. The number of likely N-dealkylation sites (N-methyl/N-ethyl adjacent to an activating group) is 2. The van der Waals surface area contributed by atoms with Gasteiger partial charge in [-0.3, -0.25) is 4.79 Å². The maximum atomic E-state index is 12.1. The van der Waals surface area contributed by atoms with Gasteiger partial charge in [-0.05, 0) is 19.2 Å². The summed E-state index contributed by atoms with van der Waals surface area (Å²) in [5, 5.41) is 4.07. The molecule has 110 valence electrons. The fraction of sp³-hybridized carbons (Fsp3) is 0.286. The van der Waals surface area contributed by atoms with E-state index in [1.807, 2.05) is 37.4 Å². The smallest absolute Gasteiger partial charge is 0.272 e. The Hall–Kier alpha value is -1.36. The lowest BCUT2D eigenvalue weighted by molar-refractivity contribution is 0.0791. The van der Waals surface area contributed by atoms with E-state index < -0.39 is 0 Å². The van der Waals surface area contributed by atoms with E-state index in [0.717, 1.165) is 17.4 Å². The summed E-state index contributed by atoms with van der Waals surface area (Å²) in [6.07, 6.45) is 0. The highest BCUT2D eigenvalue weighted by Gasteiger charge is 2.12. The lowest BCUT2D eigenvalue weighted by Gasteiger charge is -2.16. The number of para-hydroxylation sites is 1. The average Bonchev–Trinajstić information content (AvgIpc) is 2.43. The molecular formula is C14H19Cl2N3O. The lowest BCUT2D eigenvalue weighted by atomic mass is 10.2. The van der Waals surface area contributed by atoms with E-state index in [1.165, 1.54) is 0 Å². The van der Waals surface area contributed by atoms with Gasteiger partial charge in [-0.1, -0.05) is 24.3 Å². The molecule has 0 aliphatic carbocycles. The van der Waals surface area contributed by atoms with Gasteiger partial charge in [0.15, 0.2) is 0 Å². The van der Waals surface area contributed by atoms with Crippen LogP contribution in [0.5, 0.6) is 0 Å². The monoisotopic (exact) mass is 315 g/mol. The number of carbonyl (C=O) groups is 1. The summed E-state index contributed by atoms with van der Waals surface area (Å²) in [5.41, 5.74) is 1.35. The minimum atomic E-state index is -0.0454. The van der Waals surface area contributed by atoms with Gasteiger partial charge in [0, 0.05) is 25.5 Å². The quantitative estimate of drug-likeness (QED) is 0.942. The molecule has 20 heavy (non-hydrogen) atoms. The molecule has 0 fully saturated rings. The fourth-order valence-corrected chi connectivity index (χ4v) is 1.76. The minimum absolute atomic E-state index is 0. The molecule has 0 radical (unpaired) electrons.